The predicted molar refractivity (Wildman–Crippen MR) is 71.1 cm³/mol. The molecular weight excluding hydrogens is 248 g/mol. The van der Waals surface area contributed by atoms with Gasteiger partial charge in [0.05, 0.1) is 6.42 Å². The number of rotatable bonds is 4. The number of carboxylic acids is 1. The van der Waals surface area contributed by atoms with Gasteiger partial charge >= 0.3 is 12.0 Å². The van der Waals surface area contributed by atoms with Gasteiger partial charge in [-0.15, -0.1) is 0 Å². The normalized spacial score (nSPS) is 17.0. The first-order chi connectivity index (χ1) is 8.80. The maximum absolute atomic E-state index is 12.3. The Hall–Kier alpha value is -1.30. The molecule has 0 radical (unpaired) electrons. The molecule has 0 aromatic heterocycles. The van der Waals surface area contributed by atoms with E-state index in [0.717, 1.165) is 12.8 Å². The molecule has 0 aromatic carbocycles. The monoisotopic (exact) mass is 272 g/mol. The number of hydrogen-bond acceptors (Lipinski definition) is 3. The van der Waals surface area contributed by atoms with E-state index in [-0.39, 0.29) is 25.0 Å². The fourth-order valence-electron chi connectivity index (χ4n) is 2.04. The van der Waals surface area contributed by atoms with E-state index in [1.54, 1.807) is 4.90 Å². The SMILES string of the molecule is CC(C)(C)N(CCC(=O)O)C(=O)NC1CCOCC1. The highest BCUT2D eigenvalue weighted by Crippen LogP contribution is 2.15. The summed E-state index contributed by atoms with van der Waals surface area (Å²) in [6.45, 7) is 7.24. The van der Waals surface area contributed by atoms with Crippen molar-refractivity contribution < 1.29 is 19.4 Å². The standard InChI is InChI=1S/C13H24N2O4/c1-13(2,3)15(7-4-11(16)17)12(18)14-10-5-8-19-9-6-10/h10H,4-9H2,1-3H3,(H,14,18)(H,16,17). The summed E-state index contributed by atoms with van der Waals surface area (Å²) < 4.78 is 5.25. The Kier molecular flexibility index (Phi) is 5.60. The van der Waals surface area contributed by atoms with Crippen molar-refractivity contribution in [2.24, 2.45) is 0 Å². The van der Waals surface area contributed by atoms with Crippen molar-refractivity contribution in [2.75, 3.05) is 19.8 Å². The zero-order valence-corrected chi connectivity index (χ0v) is 11.9. The molecule has 2 N–H and O–H groups in total. The van der Waals surface area contributed by atoms with Gasteiger partial charge in [-0.1, -0.05) is 0 Å². The summed E-state index contributed by atoms with van der Waals surface area (Å²) in [6.07, 6.45) is 1.57. The van der Waals surface area contributed by atoms with Crippen LogP contribution in [-0.2, 0) is 9.53 Å². The Bertz CT molecular complexity index is 319. The van der Waals surface area contributed by atoms with Crippen molar-refractivity contribution in [3.8, 4) is 0 Å². The van der Waals surface area contributed by atoms with Gasteiger partial charge in [0, 0.05) is 31.3 Å². The molecule has 6 nitrogen and oxygen atoms in total. The largest absolute Gasteiger partial charge is 0.481 e. The molecule has 1 rings (SSSR count). The number of carboxylic acid groups (broad SMARTS) is 1. The zero-order chi connectivity index (χ0) is 14.5. The Morgan fingerprint density at radius 3 is 2.37 bits per heavy atom. The molecule has 1 saturated heterocycles. The number of carbonyl (C=O) groups excluding carboxylic acids is 1. The van der Waals surface area contributed by atoms with Gasteiger partial charge in [0.25, 0.3) is 0 Å². The second-order valence-electron chi connectivity index (χ2n) is 5.80. The van der Waals surface area contributed by atoms with Crippen molar-refractivity contribution in [3.63, 3.8) is 0 Å². The summed E-state index contributed by atoms with van der Waals surface area (Å²) in [6, 6.07) is -0.0726. The summed E-state index contributed by atoms with van der Waals surface area (Å²) in [7, 11) is 0. The number of urea groups is 1. The first kappa shape index (κ1) is 15.8. The molecule has 0 aliphatic carbocycles. The third kappa shape index (κ3) is 5.46. The van der Waals surface area contributed by atoms with Gasteiger partial charge in [0.2, 0.25) is 0 Å². The van der Waals surface area contributed by atoms with Crippen LogP contribution in [0.2, 0.25) is 0 Å². The summed E-state index contributed by atoms with van der Waals surface area (Å²) in [4.78, 5) is 24.5. The minimum atomic E-state index is -0.895. The maximum atomic E-state index is 12.3. The molecule has 0 aromatic rings. The highest BCUT2D eigenvalue weighted by atomic mass is 16.5. The molecule has 0 spiro atoms. The quantitative estimate of drug-likeness (QED) is 0.812. The smallest absolute Gasteiger partial charge is 0.318 e. The van der Waals surface area contributed by atoms with Crippen LogP contribution < -0.4 is 5.32 Å². The van der Waals surface area contributed by atoms with Crippen LogP contribution >= 0.6 is 0 Å². The third-order valence-corrected chi connectivity index (χ3v) is 3.15. The van der Waals surface area contributed by atoms with E-state index >= 15 is 0 Å². The lowest BCUT2D eigenvalue weighted by Gasteiger charge is -2.37. The maximum Gasteiger partial charge on any atom is 0.318 e. The lowest BCUT2D eigenvalue weighted by Crippen LogP contribution is -2.54. The topological polar surface area (TPSA) is 78.9 Å². The van der Waals surface area contributed by atoms with Gasteiger partial charge in [-0.3, -0.25) is 4.79 Å². The van der Waals surface area contributed by atoms with Crippen LogP contribution in [0.4, 0.5) is 4.79 Å². The number of nitrogens with zero attached hydrogens (tertiary/aromatic N) is 1. The number of amides is 2. The second-order valence-corrected chi connectivity index (χ2v) is 5.80. The van der Waals surface area contributed by atoms with Crippen molar-refractivity contribution in [1.82, 2.24) is 10.2 Å². The molecule has 0 unspecified atom stereocenters. The lowest BCUT2D eigenvalue weighted by molar-refractivity contribution is -0.137. The Labute approximate surface area is 114 Å². The fourth-order valence-corrected chi connectivity index (χ4v) is 2.04. The predicted octanol–water partition coefficient (Wildman–Crippen LogP) is 1.45. The molecule has 1 aliphatic heterocycles. The molecule has 1 fully saturated rings. The van der Waals surface area contributed by atoms with Crippen LogP contribution in [0.15, 0.2) is 0 Å². The molecule has 110 valence electrons. The Morgan fingerprint density at radius 2 is 1.89 bits per heavy atom. The van der Waals surface area contributed by atoms with Crippen LogP contribution in [0.5, 0.6) is 0 Å². The van der Waals surface area contributed by atoms with Gasteiger partial charge in [0.15, 0.2) is 0 Å². The highest BCUT2D eigenvalue weighted by molar-refractivity contribution is 5.76. The minimum Gasteiger partial charge on any atom is -0.481 e. The van der Waals surface area contributed by atoms with Gasteiger partial charge in [-0.2, -0.15) is 0 Å². The van der Waals surface area contributed by atoms with Crippen molar-refractivity contribution >= 4 is 12.0 Å². The molecule has 2 amide bonds. The first-order valence-corrected chi connectivity index (χ1v) is 6.68. The van der Waals surface area contributed by atoms with Crippen molar-refractivity contribution in [3.05, 3.63) is 0 Å². The van der Waals surface area contributed by atoms with Crippen LogP contribution in [0, 0.1) is 0 Å². The molecule has 19 heavy (non-hydrogen) atoms. The second kappa shape index (κ2) is 6.75. The number of nitrogens with one attached hydrogen (secondary N) is 1. The van der Waals surface area contributed by atoms with Gasteiger partial charge in [-0.05, 0) is 33.6 Å². The number of aliphatic carboxylic acids is 1. The number of carbonyl (C=O) groups is 2. The van der Waals surface area contributed by atoms with Crippen molar-refractivity contribution in [2.45, 2.75) is 51.6 Å². The molecule has 0 atom stereocenters. The zero-order valence-electron chi connectivity index (χ0n) is 11.9. The van der Waals surface area contributed by atoms with Crippen LogP contribution in [0.3, 0.4) is 0 Å². The fraction of sp³-hybridized carbons (Fsp3) is 0.846. The average Bonchev–Trinajstić information content (AvgIpc) is 2.28. The number of hydrogen-bond donors (Lipinski definition) is 2. The summed E-state index contributed by atoms with van der Waals surface area (Å²) in [5, 5.41) is 11.7. The van der Waals surface area contributed by atoms with E-state index in [4.69, 9.17) is 9.84 Å². The van der Waals surface area contributed by atoms with E-state index in [2.05, 4.69) is 5.32 Å². The lowest BCUT2D eigenvalue weighted by atomic mass is 10.1. The van der Waals surface area contributed by atoms with E-state index < -0.39 is 11.5 Å². The van der Waals surface area contributed by atoms with Gasteiger partial charge < -0.3 is 20.1 Å². The van der Waals surface area contributed by atoms with E-state index in [1.807, 2.05) is 20.8 Å². The van der Waals surface area contributed by atoms with Gasteiger partial charge in [0.1, 0.15) is 0 Å². The molecule has 0 saturated carbocycles. The third-order valence-electron chi connectivity index (χ3n) is 3.15. The molecule has 6 heteroatoms. The van der Waals surface area contributed by atoms with Gasteiger partial charge in [-0.25, -0.2) is 4.79 Å². The average molecular weight is 272 g/mol. The van der Waals surface area contributed by atoms with E-state index in [1.165, 1.54) is 0 Å². The summed E-state index contributed by atoms with van der Waals surface area (Å²) >= 11 is 0. The van der Waals surface area contributed by atoms with Crippen LogP contribution in [-0.4, -0.2) is 53.3 Å². The van der Waals surface area contributed by atoms with E-state index in [0.29, 0.717) is 13.2 Å². The summed E-state index contributed by atoms with van der Waals surface area (Å²) in [5.41, 5.74) is -0.398. The summed E-state index contributed by atoms with van der Waals surface area (Å²) in [5.74, 6) is -0.895. The first-order valence-electron chi connectivity index (χ1n) is 6.68. The number of ether oxygens (including phenoxy) is 1. The molecule has 0 bridgehead atoms. The van der Waals surface area contributed by atoms with Crippen LogP contribution in [0.1, 0.15) is 40.0 Å². The van der Waals surface area contributed by atoms with Crippen molar-refractivity contribution in [1.29, 1.82) is 0 Å². The molecule has 1 heterocycles. The minimum absolute atomic E-state index is 0.0432. The highest BCUT2D eigenvalue weighted by Gasteiger charge is 2.28. The Balaban J connectivity index is 2.57. The van der Waals surface area contributed by atoms with Crippen LogP contribution in [0.25, 0.3) is 0 Å². The van der Waals surface area contributed by atoms with E-state index in [9.17, 15) is 9.59 Å². The Morgan fingerprint density at radius 1 is 1.32 bits per heavy atom. The molecular formula is C13H24N2O4. The molecule has 1 aliphatic rings.